The predicted molar refractivity (Wildman–Crippen MR) is 64.1 cm³/mol. The molecule has 14 heavy (non-hydrogen) atoms. The van der Waals surface area contributed by atoms with Gasteiger partial charge in [-0.25, -0.2) is 0 Å². The number of rotatable bonds is 5. The third-order valence-electron chi connectivity index (χ3n) is 2.17. The van der Waals surface area contributed by atoms with Crippen LogP contribution in [0.4, 0.5) is 0 Å². The van der Waals surface area contributed by atoms with Gasteiger partial charge in [-0.2, -0.15) is 0 Å². The topological polar surface area (TPSA) is 26.0 Å². The van der Waals surface area contributed by atoms with E-state index in [0.29, 0.717) is 15.0 Å². The summed E-state index contributed by atoms with van der Waals surface area (Å²) < 4.78 is 1.50. The maximum absolute atomic E-state index is 5.79. The van der Waals surface area contributed by atoms with Crippen molar-refractivity contribution < 1.29 is 0 Å². The van der Waals surface area contributed by atoms with Gasteiger partial charge in [-0.1, -0.05) is 0 Å². The van der Waals surface area contributed by atoms with Gasteiger partial charge in [-0.05, 0) is 0 Å². The quantitative estimate of drug-likeness (QED) is 0.634. The number of benzene rings is 1. The number of unbranched alkanes of at least 4 members (excludes halogenated alkanes) is 1. The van der Waals surface area contributed by atoms with Gasteiger partial charge in [-0.15, -0.1) is 0 Å². The first-order chi connectivity index (χ1) is 6.74. The zero-order valence-electron chi connectivity index (χ0n) is 8.99. The molecule has 0 saturated carbocycles. The van der Waals surface area contributed by atoms with Gasteiger partial charge in [0.1, 0.15) is 0 Å². The van der Waals surface area contributed by atoms with E-state index in [1.54, 1.807) is 0 Å². The van der Waals surface area contributed by atoms with Crippen LogP contribution in [0.5, 0.6) is 0 Å². The van der Waals surface area contributed by atoms with Crippen molar-refractivity contribution in [2.45, 2.75) is 38.1 Å². The van der Waals surface area contributed by atoms with Crippen molar-refractivity contribution in [1.82, 2.24) is 0 Å². The molecule has 1 rings (SSSR count). The zero-order valence-corrected chi connectivity index (χ0v) is 10.7. The number of hydrogen-bond acceptors (Lipinski definition) is 1. The molecule has 1 atom stereocenters. The fourth-order valence-corrected chi connectivity index (χ4v) is 3.29. The van der Waals surface area contributed by atoms with Crippen LogP contribution >= 0.6 is 0 Å². The van der Waals surface area contributed by atoms with Gasteiger partial charge in [0.05, 0.1) is 0 Å². The molecule has 0 unspecified atom stereocenters. The van der Waals surface area contributed by atoms with E-state index in [1.165, 1.54) is 28.2 Å². The Morgan fingerprint density at radius 3 is 2.43 bits per heavy atom. The van der Waals surface area contributed by atoms with E-state index >= 15 is 0 Å². The summed E-state index contributed by atoms with van der Waals surface area (Å²) in [5, 5.41) is 1.36. The van der Waals surface area contributed by atoms with Crippen LogP contribution < -0.4 is 10.2 Å². The Labute approximate surface area is 93.2 Å². The molecule has 0 aliphatic carbocycles. The zero-order chi connectivity index (χ0) is 10.4. The molecular formula is C12H19NSe. The minimum atomic E-state index is 0.159. The molecule has 0 fully saturated rings. The van der Waals surface area contributed by atoms with Crippen LogP contribution in [0.1, 0.15) is 38.3 Å². The van der Waals surface area contributed by atoms with E-state index < -0.39 is 0 Å². The van der Waals surface area contributed by atoms with Crippen molar-refractivity contribution in [2.75, 3.05) is 0 Å². The second-order valence-corrected chi connectivity index (χ2v) is 6.01. The summed E-state index contributed by atoms with van der Waals surface area (Å²) in [6.07, 6.45) is 2.66. The van der Waals surface area contributed by atoms with Gasteiger partial charge in [0.25, 0.3) is 0 Å². The summed E-state index contributed by atoms with van der Waals surface area (Å²) in [4.78, 5) is 0. The molecule has 0 aliphatic rings. The van der Waals surface area contributed by atoms with Crippen LogP contribution in [-0.2, 0) is 0 Å². The maximum atomic E-state index is 5.79. The fourth-order valence-electron chi connectivity index (χ4n) is 1.20. The van der Waals surface area contributed by atoms with Crippen LogP contribution in [0.25, 0.3) is 0 Å². The van der Waals surface area contributed by atoms with Crippen LogP contribution in [0.2, 0.25) is 5.32 Å². The molecule has 2 heteroatoms. The predicted octanol–water partition coefficient (Wildman–Crippen LogP) is 2.25. The van der Waals surface area contributed by atoms with E-state index in [9.17, 15) is 0 Å². The van der Waals surface area contributed by atoms with Crippen molar-refractivity contribution in [2.24, 2.45) is 5.73 Å². The van der Waals surface area contributed by atoms with Crippen LogP contribution in [0, 0.1) is 0 Å². The Morgan fingerprint density at radius 1 is 1.29 bits per heavy atom. The van der Waals surface area contributed by atoms with Gasteiger partial charge in [-0.3, -0.25) is 0 Å². The first-order valence-electron chi connectivity index (χ1n) is 5.22. The van der Waals surface area contributed by atoms with Gasteiger partial charge in [0.15, 0.2) is 0 Å². The van der Waals surface area contributed by atoms with Gasteiger partial charge >= 0.3 is 93.0 Å². The Hall–Kier alpha value is -0.301. The van der Waals surface area contributed by atoms with Crippen LogP contribution in [0.15, 0.2) is 24.3 Å². The molecule has 0 radical (unpaired) electrons. The van der Waals surface area contributed by atoms with Crippen molar-refractivity contribution >= 4 is 19.4 Å². The molecule has 1 aromatic carbocycles. The van der Waals surface area contributed by atoms with E-state index in [2.05, 4.69) is 31.2 Å². The third kappa shape index (κ3) is 3.83. The van der Waals surface area contributed by atoms with Gasteiger partial charge in [0.2, 0.25) is 0 Å². The summed E-state index contributed by atoms with van der Waals surface area (Å²) in [5.74, 6) is 0. The molecule has 0 spiro atoms. The standard InChI is InChI=1S/C12H19NSe/c1-3-4-9-14-12-7-5-11(6-8-12)10(2)13/h5-8,10H,3-4,9,13H2,1-2H3/t10-/m1/s1. The summed E-state index contributed by atoms with van der Waals surface area (Å²) in [5.41, 5.74) is 7.03. The minimum absolute atomic E-state index is 0.159. The Kier molecular flexibility index (Phi) is 5.24. The van der Waals surface area contributed by atoms with Crippen LogP contribution in [-0.4, -0.2) is 15.0 Å². The van der Waals surface area contributed by atoms with Crippen LogP contribution in [0.3, 0.4) is 0 Å². The molecule has 0 aliphatic heterocycles. The molecule has 2 N–H and O–H groups in total. The van der Waals surface area contributed by atoms with Crippen molar-refractivity contribution in [3.8, 4) is 0 Å². The number of hydrogen-bond donors (Lipinski definition) is 1. The second kappa shape index (κ2) is 6.23. The Bertz CT molecular complexity index is 254. The van der Waals surface area contributed by atoms with E-state index in [1.807, 2.05) is 6.92 Å². The van der Waals surface area contributed by atoms with Crippen molar-refractivity contribution in [1.29, 1.82) is 0 Å². The Balaban J connectivity index is 2.47. The average Bonchev–Trinajstić information content (AvgIpc) is 2.19. The van der Waals surface area contributed by atoms with Crippen molar-refractivity contribution in [3.05, 3.63) is 29.8 Å². The SMILES string of the molecule is CCCC[Se]c1ccc([C@@H](C)N)cc1. The molecule has 0 heterocycles. The number of nitrogens with two attached hydrogens (primary N) is 1. The van der Waals surface area contributed by atoms with E-state index in [4.69, 9.17) is 5.73 Å². The molecule has 0 aromatic heterocycles. The summed E-state index contributed by atoms with van der Waals surface area (Å²) in [6.45, 7) is 4.27. The van der Waals surface area contributed by atoms with Gasteiger partial charge in [0, 0.05) is 0 Å². The first kappa shape index (κ1) is 11.8. The fraction of sp³-hybridized carbons (Fsp3) is 0.500. The summed E-state index contributed by atoms with van der Waals surface area (Å²) in [7, 11) is 0. The molecule has 0 amide bonds. The molecule has 0 bridgehead atoms. The molecule has 78 valence electrons. The molecular weight excluding hydrogens is 237 g/mol. The second-order valence-electron chi connectivity index (χ2n) is 3.56. The monoisotopic (exact) mass is 257 g/mol. The third-order valence-corrected chi connectivity index (χ3v) is 4.48. The van der Waals surface area contributed by atoms with E-state index in [-0.39, 0.29) is 6.04 Å². The van der Waals surface area contributed by atoms with E-state index in [0.717, 1.165) is 0 Å². The summed E-state index contributed by atoms with van der Waals surface area (Å²) in [6, 6.07) is 8.94. The summed E-state index contributed by atoms with van der Waals surface area (Å²) >= 11 is 0.659. The molecule has 1 aromatic rings. The Morgan fingerprint density at radius 2 is 1.93 bits per heavy atom. The van der Waals surface area contributed by atoms with Gasteiger partial charge < -0.3 is 0 Å². The molecule has 0 saturated heterocycles. The first-order valence-corrected chi connectivity index (χ1v) is 7.29. The average molecular weight is 256 g/mol. The normalized spacial score (nSPS) is 12.8. The van der Waals surface area contributed by atoms with Crippen molar-refractivity contribution in [3.63, 3.8) is 0 Å². The molecule has 1 nitrogen and oxygen atoms in total.